The molecule has 0 atom stereocenters. The number of halogens is 1. The standard InChI is InChI=1S/C22H20FN3O4/c1-29-22(28)14-2-5-16(6-3-14)25-20-17-12-15(23)4-7-19(17)24-13-18(20)21(27)26-8-10-30-11-9-26/h2-7,12-13H,8-11H2,1H3,(H,24,25). The van der Waals surface area contributed by atoms with Crippen LogP contribution in [0.2, 0.25) is 0 Å². The number of aromatic nitrogens is 1. The molecule has 1 aliphatic heterocycles. The number of methoxy groups -OCH3 is 1. The van der Waals surface area contributed by atoms with E-state index in [1.165, 1.54) is 25.4 Å². The average Bonchev–Trinajstić information content (AvgIpc) is 2.79. The van der Waals surface area contributed by atoms with Crippen molar-refractivity contribution in [2.24, 2.45) is 0 Å². The van der Waals surface area contributed by atoms with Crippen molar-refractivity contribution in [2.45, 2.75) is 0 Å². The maximum atomic E-state index is 14.0. The highest BCUT2D eigenvalue weighted by Gasteiger charge is 2.23. The molecule has 30 heavy (non-hydrogen) atoms. The molecule has 1 N–H and O–H groups in total. The Balaban J connectivity index is 1.76. The molecule has 7 nitrogen and oxygen atoms in total. The summed E-state index contributed by atoms with van der Waals surface area (Å²) in [7, 11) is 1.32. The van der Waals surface area contributed by atoms with E-state index >= 15 is 0 Å². The molecule has 8 heteroatoms. The fraction of sp³-hybridized carbons (Fsp3) is 0.227. The SMILES string of the molecule is COC(=O)c1ccc(Nc2c(C(=O)N3CCOCC3)cnc3ccc(F)cc23)cc1. The summed E-state index contributed by atoms with van der Waals surface area (Å²) in [6, 6.07) is 10.9. The molecule has 3 aromatic rings. The number of benzene rings is 2. The van der Waals surface area contributed by atoms with Crippen LogP contribution in [0.4, 0.5) is 15.8 Å². The number of carbonyl (C=O) groups is 2. The molecule has 1 aromatic heterocycles. The summed E-state index contributed by atoms with van der Waals surface area (Å²) >= 11 is 0. The van der Waals surface area contributed by atoms with E-state index in [2.05, 4.69) is 10.3 Å². The van der Waals surface area contributed by atoms with Crippen molar-refractivity contribution in [1.29, 1.82) is 0 Å². The Bertz CT molecular complexity index is 1100. The third-order valence-corrected chi connectivity index (χ3v) is 4.93. The highest BCUT2D eigenvalue weighted by molar-refractivity contribution is 6.08. The van der Waals surface area contributed by atoms with Crippen molar-refractivity contribution < 1.29 is 23.5 Å². The molecule has 0 aliphatic carbocycles. The van der Waals surface area contributed by atoms with Gasteiger partial charge in [0.25, 0.3) is 5.91 Å². The van der Waals surface area contributed by atoms with Crippen molar-refractivity contribution in [1.82, 2.24) is 9.88 Å². The third-order valence-electron chi connectivity index (χ3n) is 4.93. The number of pyridine rings is 1. The van der Waals surface area contributed by atoms with Crippen LogP contribution in [0.25, 0.3) is 10.9 Å². The molecule has 0 unspecified atom stereocenters. The van der Waals surface area contributed by atoms with E-state index in [4.69, 9.17) is 9.47 Å². The highest BCUT2D eigenvalue weighted by atomic mass is 19.1. The van der Waals surface area contributed by atoms with Gasteiger partial charge in [-0.15, -0.1) is 0 Å². The van der Waals surface area contributed by atoms with Crippen LogP contribution in [-0.4, -0.2) is 55.2 Å². The van der Waals surface area contributed by atoms with Crippen molar-refractivity contribution in [3.05, 3.63) is 65.6 Å². The Labute approximate surface area is 172 Å². The van der Waals surface area contributed by atoms with E-state index in [0.717, 1.165) is 0 Å². The van der Waals surface area contributed by atoms with Crippen molar-refractivity contribution >= 4 is 34.2 Å². The zero-order valence-corrected chi connectivity index (χ0v) is 16.4. The van der Waals surface area contributed by atoms with Gasteiger partial charge >= 0.3 is 5.97 Å². The smallest absolute Gasteiger partial charge is 0.337 e. The molecule has 2 heterocycles. The fourth-order valence-corrected chi connectivity index (χ4v) is 3.35. The topological polar surface area (TPSA) is 80.8 Å². The molecule has 1 aliphatic rings. The number of hydrogen-bond donors (Lipinski definition) is 1. The molecule has 0 saturated carbocycles. The van der Waals surface area contributed by atoms with E-state index in [-0.39, 0.29) is 5.91 Å². The Hall–Kier alpha value is -3.52. The first-order chi connectivity index (χ1) is 14.6. The van der Waals surface area contributed by atoms with Gasteiger partial charge < -0.3 is 19.7 Å². The second-order valence-corrected chi connectivity index (χ2v) is 6.81. The van der Waals surface area contributed by atoms with Crippen molar-refractivity contribution in [3.63, 3.8) is 0 Å². The molecular formula is C22H20FN3O4. The number of morpholine rings is 1. The van der Waals surface area contributed by atoms with Crippen LogP contribution in [0.1, 0.15) is 20.7 Å². The molecule has 0 radical (unpaired) electrons. The Kier molecular flexibility index (Phi) is 5.58. The summed E-state index contributed by atoms with van der Waals surface area (Å²) in [6.45, 7) is 1.90. The van der Waals surface area contributed by atoms with Gasteiger partial charge in [0, 0.05) is 30.4 Å². The molecule has 1 fully saturated rings. The van der Waals surface area contributed by atoms with Gasteiger partial charge in [0.2, 0.25) is 0 Å². The first-order valence-electron chi connectivity index (χ1n) is 9.47. The maximum Gasteiger partial charge on any atom is 0.337 e. The normalized spacial score (nSPS) is 13.9. The number of nitrogens with zero attached hydrogens (tertiary/aromatic N) is 2. The van der Waals surface area contributed by atoms with Gasteiger partial charge in [0.05, 0.1) is 42.7 Å². The largest absolute Gasteiger partial charge is 0.465 e. The van der Waals surface area contributed by atoms with Gasteiger partial charge in [-0.25, -0.2) is 9.18 Å². The lowest BCUT2D eigenvalue weighted by atomic mass is 10.1. The summed E-state index contributed by atoms with van der Waals surface area (Å²) in [5.74, 6) is -1.07. The minimum absolute atomic E-state index is 0.203. The maximum absolute atomic E-state index is 14.0. The van der Waals surface area contributed by atoms with E-state index in [1.807, 2.05) is 0 Å². The lowest BCUT2D eigenvalue weighted by molar-refractivity contribution is 0.0303. The number of fused-ring (bicyclic) bond motifs is 1. The van der Waals surface area contributed by atoms with Crippen molar-refractivity contribution in [3.8, 4) is 0 Å². The van der Waals surface area contributed by atoms with Crippen LogP contribution in [0, 0.1) is 5.82 Å². The quantitative estimate of drug-likeness (QED) is 0.666. The zero-order valence-electron chi connectivity index (χ0n) is 16.4. The minimum Gasteiger partial charge on any atom is -0.465 e. The van der Waals surface area contributed by atoms with Crippen LogP contribution >= 0.6 is 0 Å². The van der Waals surface area contributed by atoms with Gasteiger partial charge in [-0.3, -0.25) is 9.78 Å². The number of esters is 1. The summed E-state index contributed by atoms with van der Waals surface area (Å²) in [4.78, 5) is 30.9. The van der Waals surface area contributed by atoms with Crippen LogP contribution < -0.4 is 5.32 Å². The van der Waals surface area contributed by atoms with Gasteiger partial charge in [-0.1, -0.05) is 0 Å². The second-order valence-electron chi connectivity index (χ2n) is 6.81. The summed E-state index contributed by atoms with van der Waals surface area (Å²) in [5.41, 5.74) is 2.39. The van der Waals surface area contributed by atoms with Crippen LogP contribution in [-0.2, 0) is 9.47 Å². The number of hydrogen-bond acceptors (Lipinski definition) is 6. The lowest BCUT2D eigenvalue weighted by Crippen LogP contribution is -2.41. The predicted molar refractivity (Wildman–Crippen MR) is 109 cm³/mol. The fourth-order valence-electron chi connectivity index (χ4n) is 3.35. The molecule has 0 bridgehead atoms. The summed E-state index contributed by atoms with van der Waals surface area (Å²) in [6.07, 6.45) is 1.50. The molecule has 1 saturated heterocycles. The lowest BCUT2D eigenvalue weighted by Gasteiger charge is -2.28. The summed E-state index contributed by atoms with van der Waals surface area (Å²) in [5, 5.41) is 3.70. The van der Waals surface area contributed by atoms with Gasteiger partial charge in [0.1, 0.15) is 5.82 Å². The first kappa shape index (κ1) is 19.8. The van der Waals surface area contributed by atoms with Crippen molar-refractivity contribution in [2.75, 3.05) is 38.7 Å². The Morgan fingerprint density at radius 1 is 1.13 bits per heavy atom. The average molecular weight is 409 g/mol. The molecule has 154 valence electrons. The molecule has 2 aromatic carbocycles. The third kappa shape index (κ3) is 3.95. The van der Waals surface area contributed by atoms with Gasteiger partial charge in [0.15, 0.2) is 0 Å². The number of anilines is 2. The molecule has 4 rings (SSSR count). The van der Waals surface area contributed by atoms with Gasteiger partial charge in [-0.05, 0) is 42.5 Å². The van der Waals surface area contributed by atoms with E-state index < -0.39 is 11.8 Å². The Morgan fingerprint density at radius 2 is 1.87 bits per heavy atom. The van der Waals surface area contributed by atoms with Crippen LogP contribution in [0.15, 0.2) is 48.7 Å². The number of nitrogens with one attached hydrogen (secondary N) is 1. The highest BCUT2D eigenvalue weighted by Crippen LogP contribution is 2.31. The molecular weight excluding hydrogens is 389 g/mol. The monoisotopic (exact) mass is 409 g/mol. The number of ether oxygens (including phenoxy) is 2. The number of rotatable bonds is 4. The summed E-state index contributed by atoms with van der Waals surface area (Å²) < 4.78 is 24.0. The van der Waals surface area contributed by atoms with E-state index in [9.17, 15) is 14.0 Å². The number of amides is 1. The number of carbonyl (C=O) groups excluding carboxylic acids is 2. The zero-order chi connectivity index (χ0) is 21.1. The second kappa shape index (κ2) is 8.46. The predicted octanol–water partition coefficient (Wildman–Crippen LogP) is 3.38. The Morgan fingerprint density at radius 3 is 2.57 bits per heavy atom. The minimum atomic E-state index is -0.443. The first-order valence-corrected chi connectivity index (χ1v) is 9.47. The van der Waals surface area contributed by atoms with E-state index in [1.54, 1.807) is 35.2 Å². The van der Waals surface area contributed by atoms with Crippen LogP contribution in [0.3, 0.4) is 0 Å². The van der Waals surface area contributed by atoms with Crippen LogP contribution in [0.5, 0.6) is 0 Å². The van der Waals surface area contributed by atoms with E-state index in [0.29, 0.717) is 59.7 Å². The molecule has 0 spiro atoms. The molecule has 1 amide bonds. The van der Waals surface area contributed by atoms with Gasteiger partial charge in [-0.2, -0.15) is 0 Å².